The molecule has 0 unspecified atom stereocenters. The van der Waals surface area contributed by atoms with Crippen molar-refractivity contribution in [1.29, 1.82) is 0 Å². The maximum absolute atomic E-state index is 6.32. The number of hydrogen-bond donors (Lipinski definition) is 2. The average Bonchev–Trinajstić information content (AvgIpc) is 3.83. The summed E-state index contributed by atoms with van der Waals surface area (Å²) in [6, 6.07) is 22.9. The number of benzene rings is 3. The molecule has 1 aliphatic rings. The summed E-state index contributed by atoms with van der Waals surface area (Å²) in [5, 5.41) is 14.7. The van der Waals surface area contributed by atoms with Crippen LogP contribution in [-0.2, 0) is 0 Å². The zero-order chi connectivity index (χ0) is 39.6. The number of aromatic nitrogens is 9. The molecule has 1 fully saturated rings. The number of anilines is 2. The topological polar surface area (TPSA) is 174 Å². The van der Waals surface area contributed by atoms with Crippen molar-refractivity contribution < 1.29 is 9.47 Å². The number of hydrogen-bond acceptors (Lipinski definition) is 12. The Bertz CT molecular complexity index is 2700. The summed E-state index contributed by atoms with van der Waals surface area (Å²) in [7, 11) is 0. The van der Waals surface area contributed by atoms with Gasteiger partial charge in [0.15, 0.2) is 11.3 Å². The number of likely N-dealkylation sites (tertiary alicyclic amines) is 1. The highest BCUT2D eigenvalue weighted by Gasteiger charge is 2.26. The van der Waals surface area contributed by atoms with Crippen LogP contribution >= 0.6 is 0 Å². The standard InChI is InChI=1S/C24H28N6O.C19H20N6O/c1-3-29-11-9-19(10-12-29)30-24-21(23(25)26-15-27-24)22(28-30)18-6-5-17-14-20(31-4-2)8-7-16(17)13-18;1-4-26-15-8-6-12-9-13(5-7-14(12)23-15)17-16-18(20)21-10-22-19(16)25(24-17)11(2)3/h5-8,13-15,19H,3-4,9-12H2,1-2H3,(H2,25,26,27);5-11H,4H2,1-3H3,(H2,20,21,22). The van der Waals surface area contributed by atoms with E-state index in [0.29, 0.717) is 36.8 Å². The number of nitrogen functional groups attached to an aromatic ring is 2. The van der Waals surface area contributed by atoms with E-state index in [-0.39, 0.29) is 6.04 Å². The second-order valence-corrected chi connectivity index (χ2v) is 14.4. The summed E-state index contributed by atoms with van der Waals surface area (Å²) < 4.78 is 15.1. The maximum Gasteiger partial charge on any atom is 0.213 e. The summed E-state index contributed by atoms with van der Waals surface area (Å²) in [5.74, 6) is 2.42. The second-order valence-electron chi connectivity index (χ2n) is 14.4. The molecule has 14 nitrogen and oxygen atoms in total. The molecule has 0 radical (unpaired) electrons. The van der Waals surface area contributed by atoms with Gasteiger partial charge in [-0.15, -0.1) is 0 Å². The van der Waals surface area contributed by atoms with E-state index < -0.39 is 0 Å². The maximum atomic E-state index is 6.32. The number of pyridine rings is 1. The van der Waals surface area contributed by atoms with Crippen molar-refractivity contribution in [3.63, 3.8) is 0 Å². The molecule has 1 aliphatic heterocycles. The van der Waals surface area contributed by atoms with E-state index in [4.69, 9.17) is 31.1 Å². The summed E-state index contributed by atoms with van der Waals surface area (Å²) in [4.78, 5) is 24.4. The molecule has 4 N–H and O–H groups in total. The van der Waals surface area contributed by atoms with E-state index in [1.54, 1.807) is 0 Å². The second kappa shape index (κ2) is 16.0. The molecule has 0 amide bonds. The van der Waals surface area contributed by atoms with Gasteiger partial charge in [-0.1, -0.05) is 31.2 Å². The fourth-order valence-electron chi connectivity index (χ4n) is 7.60. The lowest BCUT2D eigenvalue weighted by atomic mass is 10.0. The minimum absolute atomic E-state index is 0.163. The third-order valence-corrected chi connectivity index (χ3v) is 10.5. The highest BCUT2D eigenvalue weighted by Crippen LogP contribution is 2.36. The van der Waals surface area contributed by atoms with Crippen LogP contribution in [0.15, 0.2) is 79.4 Å². The van der Waals surface area contributed by atoms with E-state index >= 15 is 0 Å². The predicted molar refractivity (Wildman–Crippen MR) is 226 cm³/mol. The van der Waals surface area contributed by atoms with E-state index in [1.165, 1.54) is 12.7 Å². The van der Waals surface area contributed by atoms with Crippen LogP contribution < -0.4 is 20.9 Å². The molecule has 57 heavy (non-hydrogen) atoms. The molecule has 14 heteroatoms. The van der Waals surface area contributed by atoms with E-state index in [1.807, 2.05) is 48.9 Å². The van der Waals surface area contributed by atoms with Gasteiger partial charge in [-0.05, 0) is 94.3 Å². The van der Waals surface area contributed by atoms with Crippen molar-refractivity contribution in [3.05, 3.63) is 79.4 Å². The Labute approximate surface area is 330 Å². The first-order valence-corrected chi connectivity index (χ1v) is 19.7. The Morgan fingerprint density at radius 1 is 0.684 bits per heavy atom. The lowest BCUT2D eigenvalue weighted by molar-refractivity contribution is 0.190. The molecule has 9 rings (SSSR count). The molecule has 6 heterocycles. The average molecular weight is 765 g/mol. The zero-order valence-electron chi connectivity index (χ0n) is 33.1. The van der Waals surface area contributed by atoms with Crippen LogP contribution in [-0.4, -0.2) is 82.2 Å². The van der Waals surface area contributed by atoms with Gasteiger partial charge in [0.2, 0.25) is 5.88 Å². The molecule has 0 atom stereocenters. The minimum Gasteiger partial charge on any atom is -0.494 e. The van der Waals surface area contributed by atoms with Crippen LogP contribution in [0.3, 0.4) is 0 Å². The number of fused-ring (bicyclic) bond motifs is 4. The summed E-state index contributed by atoms with van der Waals surface area (Å²) >= 11 is 0. The molecule has 1 saturated heterocycles. The SMILES string of the molecule is CCOc1ccc2cc(-c3nn(C(C)C)c4ncnc(N)c34)ccc2n1.CCOc1ccc2cc(-c3nn(C4CCN(CC)CC4)c4ncnc(N)c34)ccc2c1. The Balaban J connectivity index is 0.000000162. The van der Waals surface area contributed by atoms with E-state index in [0.717, 1.165) is 104 Å². The Kier molecular flexibility index (Phi) is 10.5. The van der Waals surface area contributed by atoms with Gasteiger partial charge in [0.05, 0.1) is 35.5 Å². The van der Waals surface area contributed by atoms with Crippen LogP contribution in [0.1, 0.15) is 59.5 Å². The molecule has 0 spiro atoms. The van der Waals surface area contributed by atoms with Crippen LogP contribution in [0.5, 0.6) is 11.6 Å². The van der Waals surface area contributed by atoms with Crippen molar-refractivity contribution in [2.24, 2.45) is 0 Å². The highest BCUT2D eigenvalue weighted by molar-refractivity contribution is 6.01. The van der Waals surface area contributed by atoms with Crippen LogP contribution in [0.25, 0.3) is 66.3 Å². The fourth-order valence-corrected chi connectivity index (χ4v) is 7.60. The first kappa shape index (κ1) is 37.5. The molecular weight excluding hydrogens is 717 g/mol. The number of nitrogens with two attached hydrogens (primary N) is 2. The van der Waals surface area contributed by atoms with E-state index in [9.17, 15) is 0 Å². The fraction of sp³-hybridized carbons (Fsp3) is 0.326. The summed E-state index contributed by atoms with van der Waals surface area (Å²) in [6.07, 6.45) is 5.13. The first-order chi connectivity index (χ1) is 27.8. The Hall–Kier alpha value is -6.41. The molecule has 0 bridgehead atoms. The largest absolute Gasteiger partial charge is 0.494 e. The number of rotatable bonds is 9. The minimum atomic E-state index is 0.163. The van der Waals surface area contributed by atoms with Gasteiger partial charge < -0.3 is 25.8 Å². The van der Waals surface area contributed by atoms with Gasteiger partial charge in [-0.3, -0.25) is 0 Å². The molecule has 8 aromatic rings. The van der Waals surface area contributed by atoms with Gasteiger partial charge in [-0.25, -0.2) is 34.3 Å². The smallest absolute Gasteiger partial charge is 0.213 e. The molecule has 3 aromatic carbocycles. The highest BCUT2D eigenvalue weighted by atomic mass is 16.5. The van der Waals surface area contributed by atoms with Crippen molar-refractivity contribution in [2.45, 2.75) is 59.5 Å². The normalized spacial score (nSPS) is 13.8. The monoisotopic (exact) mass is 764 g/mol. The van der Waals surface area contributed by atoms with Crippen molar-refractivity contribution in [2.75, 3.05) is 44.3 Å². The number of nitrogens with zero attached hydrogens (tertiary/aromatic N) is 10. The Morgan fingerprint density at radius 2 is 1.30 bits per heavy atom. The number of ether oxygens (including phenoxy) is 2. The third kappa shape index (κ3) is 7.35. The summed E-state index contributed by atoms with van der Waals surface area (Å²) in [6.45, 7) is 14.8. The quantitative estimate of drug-likeness (QED) is 0.146. The first-order valence-electron chi connectivity index (χ1n) is 19.7. The van der Waals surface area contributed by atoms with E-state index in [2.05, 4.69) is 91.7 Å². The number of piperidine rings is 1. The van der Waals surface area contributed by atoms with Gasteiger partial charge in [0.1, 0.15) is 41.4 Å². The van der Waals surface area contributed by atoms with Crippen molar-refractivity contribution in [3.8, 4) is 34.1 Å². The van der Waals surface area contributed by atoms with Gasteiger partial charge in [0, 0.05) is 41.7 Å². The lowest BCUT2D eigenvalue weighted by Crippen LogP contribution is -2.34. The molecule has 292 valence electrons. The van der Waals surface area contributed by atoms with Gasteiger partial charge in [-0.2, -0.15) is 10.2 Å². The van der Waals surface area contributed by atoms with Gasteiger partial charge >= 0.3 is 0 Å². The third-order valence-electron chi connectivity index (χ3n) is 10.5. The zero-order valence-corrected chi connectivity index (χ0v) is 33.1. The van der Waals surface area contributed by atoms with Crippen LogP contribution in [0.4, 0.5) is 11.6 Å². The van der Waals surface area contributed by atoms with Gasteiger partial charge in [0.25, 0.3) is 0 Å². The Morgan fingerprint density at radius 3 is 2.00 bits per heavy atom. The van der Waals surface area contributed by atoms with Crippen LogP contribution in [0.2, 0.25) is 0 Å². The molecule has 0 saturated carbocycles. The van der Waals surface area contributed by atoms with Crippen molar-refractivity contribution >= 4 is 55.4 Å². The molecular formula is C43H48N12O2. The summed E-state index contributed by atoms with van der Waals surface area (Å²) in [5.41, 5.74) is 18.5. The lowest BCUT2D eigenvalue weighted by Gasteiger charge is -2.31. The molecule has 0 aliphatic carbocycles. The van der Waals surface area contributed by atoms with Crippen LogP contribution in [0, 0.1) is 0 Å². The predicted octanol–water partition coefficient (Wildman–Crippen LogP) is 7.89. The molecule has 5 aromatic heterocycles. The van der Waals surface area contributed by atoms with Crippen molar-refractivity contribution in [1.82, 2.24) is 49.4 Å².